The first kappa shape index (κ1) is 17.9. The second kappa shape index (κ2) is 6.76. The maximum atomic E-state index is 12.9. The number of aliphatic carboxylic acids is 1. The normalized spacial score (nSPS) is 25.3. The molecule has 0 radical (unpaired) electrons. The lowest BCUT2D eigenvalue weighted by molar-refractivity contribution is -0.143. The molecular formula is C17H22N2O5S. The van der Waals surface area contributed by atoms with Crippen molar-refractivity contribution in [3.05, 3.63) is 24.3 Å². The predicted octanol–water partition coefficient (Wildman–Crippen LogP) is 1.54. The Morgan fingerprint density at radius 2 is 1.88 bits per heavy atom. The molecule has 2 saturated heterocycles. The molecule has 2 atom stereocenters. The van der Waals surface area contributed by atoms with Crippen molar-refractivity contribution in [3.8, 4) is 0 Å². The van der Waals surface area contributed by atoms with Crippen molar-refractivity contribution in [2.45, 2.75) is 31.1 Å². The molecule has 0 aliphatic carbocycles. The molecule has 3 rings (SSSR count). The first-order valence-corrected chi connectivity index (χ1v) is 9.86. The Bertz CT molecular complexity index is 775. The molecule has 0 aromatic heterocycles. The van der Waals surface area contributed by atoms with Crippen LogP contribution in [0.5, 0.6) is 0 Å². The fourth-order valence-corrected chi connectivity index (χ4v) is 5.15. The summed E-state index contributed by atoms with van der Waals surface area (Å²) in [4.78, 5) is 24.8. The maximum absolute atomic E-state index is 12.9. The van der Waals surface area contributed by atoms with Gasteiger partial charge in [0.2, 0.25) is 15.9 Å². The second-order valence-electron chi connectivity index (χ2n) is 6.84. The molecular weight excluding hydrogens is 344 g/mol. The molecule has 2 fully saturated rings. The summed E-state index contributed by atoms with van der Waals surface area (Å²) in [7, 11) is -3.75. The largest absolute Gasteiger partial charge is 0.481 e. The second-order valence-corrected chi connectivity index (χ2v) is 8.78. The Hall–Kier alpha value is -1.93. The van der Waals surface area contributed by atoms with Gasteiger partial charge in [-0.3, -0.25) is 9.59 Å². The van der Waals surface area contributed by atoms with Gasteiger partial charge in [-0.15, -0.1) is 0 Å². The molecule has 0 saturated carbocycles. The number of piperidine rings is 1. The van der Waals surface area contributed by atoms with E-state index in [2.05, 4.69) is 0 Å². The van der Waals surface area contributed by atoms with Crippen LogP contribution in [0.3, 0.4) is 0 Å². The molecule has 0 bridgehead atoms. The first-order valence-electron chi connectivity index (χ1n) is 8.42. The average molecular weight is 366 g/mol. The van der Waals surface area contributed by atoms with E-state index in [9.17, 15) is 23.1 Å². The highest BCUT2D eigenvalue weighted by Gasteiger charge is 2.36. The third-order valence-corrected chi connectivity index (χ3v) is 6.68. The molecule has 25 heavy (non-hydrogen) atoms. The molecule has 2 aliphatic rings. The molecule has 1 aromatic carbocycles. The van der Waals surface area contributed by atoms with Crippen molar-refractivity contribution in [3.63, 3.8) is 0 Å². The van der Waals surface area contributed by atoms with Crippen LogP contribution in [-0.2, 0) is 19.6 Å². The molecule has 2 heterocycles. The number of nitrogens with zero attached hydrogens (tertiary/aromatic N) is 2. The Balaban J connectivity index is 1.82. The van der Waals surface area contributed by atoms with E-state index in [1.807, 2.05) is 6.92 Å². The highest BCUT2D eigenvalue weighted by atomic mass is 32.2. The molecule has 0 spiro atoms. The zero-order valence-corrected chi connectivity index (χ0v) is 14.9. The number of sulfonamides is 1. The van der Waals surface area contributed by atoms with Crippen LogP contribution in [0.1, 0.15) is 26.2 Å². The van der Waals surface area contributed by atoms with Gasteiger partial charge in [0.05, 0.1) is 10.8 Å². The summed E-state index contributed by atoms with van der Waals surface area (Å²) in [6.45, 7) is 2.82. The van der Waals surface area contributed by atoms with E-state index in [1.165, 1.54) is 16.4 Å². The van der Waals surface area contributed by atoms with Crippen molar-refractivity contribution in [1.29, 1.82) is 0 Å². The summed E-state index contributed by atoms with van der Waals surface area (Å²) >= 11 is 0. The van der Waals surface area contributed by atoms with Crippen molar-refractivity contribution in [2.75, 3.05) is 24.5 Å². The van der Waals surface area contributed by atoms with E-state index < -0.39 is 21.9 Å². The minimum absolute atomic E-state index is 0.00559. The zero-order valence-electron chi connectivity index (χ0n) is 14.1. The number of carbonyl (C=O) groups excluding carboxylic acids is 1. The van der Waals surface area contributed by atoms with Crippen LogP contribution in [0.2, 0.25) is 0 Å². The average Bonchev–Trinajstić information content (AvgIpc) is 3.00. The van der Waals surface area contributed by atoms with Crippen molar-refractivity contribution >= 4 is 27.6 Å². The SMILES string of the molecule is CC1CC(C(=O)O)CN(S(=O)(=O)c2ccc(N3CCCC3=O)cc2)C1. The van der Waals surface area contributed by atoms with Gasteiger partial charge in [0, 0.05) is 31.7 Å². The van der Waals surface area contributed by atoms with Crippen LogP contribution in [0.25, 0.3) is 0 Å². The molecule has 1 amide bonds. The van der Waals surface area contributed by atoms with E-state index in [-0.39, 0.29) is 23.3 Å². The summed E-state index contributed by atoms with van der Waals surface area (Å²) in [5, 5.41) is 9.23. The number of carboxylic acids is 1. The monoisotopic (exact) mass is 366 g/mol. The van der Waals surface area contributed by atoms with E-state index in [4.69, 9.17) is 0 Å². The summed E-state index contributed by atoms with van der Waals surface area (Å²) in [5.41, 5.74) is 0.692. The molecule has 8 heteroatoms. The number of hydrogen-bond acceptors (Lipinski definition) is 4. The highest BCUT2D eigenvalue weighted by Crippen LogP contribution is 2.29. The van der Waals surface area contributed by atoms with Crippen molar-refractivity contribution < 1.29 is 23.1 Å². The van der Waals surface area contributed by atoms with Crippen LogP contribution in [0, 0.1) is 11.8 Å². The number of anilines is 1. The zero-order chi connectivity index (χ0) is 18.2. The van der Waals surface area contributed by atoms with E-state index >= 15 is 0 Å². The first-order chi connectivity index (χ1) is 11.8. The smallest absolute Gasteiger partial charge is 0.307 e. The maximum Gasteiger partial charge on any atom is 0.307 e. The van der Waals surface area contributed by atoms with Crippen LogP contribution in [0.15, 0.2) is 29.2 Å². The third kappa shape index (κ3) is 3.55. The Morgan fingerprint density at radius 1 is 1.20 bits per heavy atom. The van der Waals surface area contributed by atoms with Crippen LogP contribution in [0.4, 0.5) is 5.69 Å². The summed E-state index contributed by atoms with van der Waals surface area (Å²) in [6, 6.07) is 6.26. The Morgan fingerprint density at radius 3 is 2.44 bits per heavy atom. The van der Waals surface area contributed by atoms with Gasteiger partial charge in [-0.05, 0) is 43.0 Å². The van der Waals surface area contributed by atoms with Crippen molar-refractivity contribution in [1.82, 2.24) is 4.31 Å². The molecule has 1 N–H and O–H groups in total. The number of amides is 1. The number of hydrogen-bond donors (Lipinski definition) is 1. The fourth-order valence-electron chi connectivity index (χ4n) is 3.55. The molecule has 136 valence electrons. The third-order valence-electron chi connectivity index (χ3n) is 4.84. The number of carboxylic acid groups (broad SMARTS) is 1. The summed E-state index contributed by atoms with van der Waals surface area (Å²) in [5.74, 6) is -1.61. The lowest BCUT2D eigenvalue weighted by Crippen LogP contribution is -2.45. The van der Waals surface area contributed by atoms with Gasteiger partial charge in [-0.2, -0.15) is 4.31 Å². The number of carbonyl (C=O) groups is 2. The molecule has 1 aromatic rings. The highest BCUT2D eigenvalue weighted by molar-refractivity contribution is 7.89. The summed E-state index contributed by atoms with van der Waals surface area (Å²) in [6.07, 6.45) is 1.81. The van der Waals surface area contributed by atoms with Crippen LogP contribution in [-0.4, -0.2) is 49.3 Å². The van der Waals surface area contributed by atoms with E-state index in [0.717, 1.165) is 6.42 Å². The van der Waals surface area contributed by atoms with Gasteiger partial charge in [0.25, 0.3) is 0 Å². The molecule has 2 aliphatic heterocycles. The van der Waals surface area contributed by atoms with Gasteiger partial charge in [-0.1, -0.05) is 6.92 Å². The van der Waals surface area contributed by atoms with Crippen LogP contribution >= 0.6 is 0 Å². The van der Waals surface area contributed by atoms with Gasteiger partial charge in [-0.25, -0.2) is 8.42 Å². The number of rotatable bonds is 4. The minimum Gasteiger partial charge on any atom is -0.481 e. The van der Waals surface area contributed by atoms with Crippen molar-refractivity contribution in [2.24, 2.45) is 11.8 Å². The van der Waals surface area contributed by atoms with Gasteiger partial charge in [0.1, 0.15) is 0 Å². The van der Waals surface area contributed by atoms with Gasteiger partial charge >= 0.3 is 5.97 Å². The minimum atomic E-state index is -3.75. The lowest BCUT2D eigenvalue weighted by atomic mass is 9.92. The standard InChI is InChI=1S/C17H22N2O5S/c1-12-9-13(17(21)22)11-18(10-12)25(23,24)15-6-4-14(5-7-15)19-8-2-3-16(19)20/h4-7,12-13H,2-3,8-11H2,1H3,(H,21,22). The lowest BCUT2D eigenvalue weighted by Gasteiger charge is -2.33. The topological polar surface area (TPSA) is 95.0 Å². The van der Waals surface area contributed by atoms with Gasteiger partial charge < -0.3 is 10.0 Å². The van der Waals surface area contributed by atoms with E-state index in [0.29, 0.717) is 31.6 Å². The quantitative estimate of drug-likeness (QED) is 0.872. The Kier molecular flexibility index (Phi) is 4.83. The van der Waals surface area contributed by atoms with Crippen LogP contribution < -0.4 is 4.90 Å². The fraction of sp³-hybridized carbons (Fsp3) is 0.529. The van der Waals surface area contributed by atoms with Gasteiger partial charge in [0.15, 0.2) is 0 Å². The molecule has 2 unspecified atom stereocenters. The Labute approximate surface area is 147 Å². The van der Waals surface area contributed by atoms with E-state index in [1.54, 1.807) is 17.0 Å². The molecule has 7 nitrogen and oxygen atoms in total. The predicted molar refractivity (Wildman–Crippen MR) is 91.7 cm³/mol. The summed E-state index contributed by atoms with van der Waals surface area (Å²) < 4.78 is 27.0. The number of benzene rings is 1.